The van der Waals surface area contributed by atoms with E-state index in [4.69, 9.17) is 10.00 Å². The second kappa shape index (κ2) is 4.23. The van der Waals surface area contributed by atoms with Crippen LogP contribution in [0.1, 0.15) is 12.0 Å². The maximum atomic E-state index is 11.6. The van der Waals surface area contributed by atoms with Gasteiger partial charge in [0.05, 0.1) is 12.7 Å². The number of anilines is 1. The average Bonchev–Trinajstić information content (AvgIpc) is 2.28. The molecule has 1 atom stereocenters. The Labute approximate surface area is 94.0 Å². The molecule has 0 N–H and O–H groups in total. The molecule has 0 aromatic heterocycles. The maximum Gasteiger partial charge on any atom is 0.415 e. The van der Waals surface area contributed by atoms with Crippen LogP contribution in [0.15, 0.2) is 24.3 Å². The SMILES string of the molecule is Cc1cccc(N2C(=O)OCCC2C#N)c1. The number of hydrogen-bond acceptors (Lipinski definition) is 3. The van der Waals surface area contributed by atoms with Crippen LogP contribution in [0.4, 0.5) is 10.5 Å². The average molecular weight is 216 g/mol. The van der Waals surface area contributed by atoms with Gasteiger partial charge in [-0.1, -0.05) is 12.1 Å². The molecule has 0 saturated carbocycles. The zero-order chi connectivity index (χ0) is 11.5. The molecule has 1 amide bonds. The van der Waals surface area contributed by atoms with Crippen molar-refractivity contribution in [1.82, 2.24) is 0 Å². The minimum atomic E-state index is -0.441. The normalized spacial score (nSPS) is 20.1. The van der Waals surface area contributed by atoms with Gasteiger partial charge in [-0.15, -0.1) is 0 Å². The highest BCUT2D eigenvalue weighted by Gasteiger charge is 2.30. The van der Waals surface area contributed by atoms with E-state index in [-0.39, 0.29) is 0 Å². The Balaban J connectivity index is 2.36. The van der Waals surface area contributed by atoms with Crippen LogP contribution in [0.2, 0.25) is 0 Å². The third kappa shape index (κ3) is 1.84. The van der Waals surface area contributed by atoms with E-state index in [1.807, 2.05) is 31.2 Å². The molecule has 1 heterocycles. The molecule has 0 aliphatic carbocycles. The summed E-state index contributed by atoms with van der Waals surface area (Å²) in [6.07, 6.45) is 0.110. The number of rotatable bonds is 1. The van der Waals surface area contributed by atoms with Gasteiger partial charge in [0.25, 0.3) is 0 Å². The largest absolute Gasteiger partial charge is 0.449 e. The zero-order valence-corrected chi connectivity index (χ0v) is 9.01. The van der Waals surface area contributed by atoms with E-state index in [0.717, 1.165) is 11.3 Å². The van der Waals surface area contributed by atoms with Crippen molar-refractivity contribution in [2.75, 3.05) is 11.5 Å². The van der Waals surface area contributed by atoms with Crippen LogP contribution in [0.3, 0.4) is 0 Å². The molecule has 1 aliphatic rings. The monoisotopic (exact) mass is 216 g/mol. The summed E-state index contributed by atoms with van der Waals surface area (Å²) in [5, 5.41) is 9.01. The molecule has 1 unspecified atom stereocenters. The Bertz CT molecular complexity index is 451. The Morgan fingerprint density at radius 3 is 3.06 bits per heavy atom. The van der Waals surface area contributed by atoms with Crippen LogP contribution in [0.25, 0.3) is 0 Å². The van der Waals surface area contributed by atoms with E-state index in [1.165, 1.54) is 4.90 Å². The van der Waals surface area contributed by atoms with Crippen LogP contribution in [0.5, 0.6) is 0 Å². The predicted molar refractivity (Wildman–Crippen MR) is 59.0 cm³/mol. The lowest BCUT2D eigenvalue weighted by atomic mass is 10.1. The van der Waals surface area contributed by atoms with E-state index < -0.39 is 12.1 Å². The minimum Gasteiger partial charge on any atom is -0.449 e. The Kier molecular flexibility index (Phi) is 2.78. The van der Waals surface area contributed by atoms with Gasteiger partial charge in [0.2, 0.25) is 0 Å². The molecule has 1 fully saturated rings. The lowest BCUT2D eigenvalue weighted by Crippen LogP contribution is -2.45. The zero-order valence-electron chi connectivity index (χ0n) is 9.01. The van der Waals surface area contributed by atoms with Gasteiger partial charge in [0.15, 0.2) is 0 Å². The van der Waals surface area contributed by atoms with Gasteiger partial charge in [0.1, 0.15) is 6.04 Å². The number of carbonyl (C=O) groups excluding carboxylic acids is 1. The van der Waals surface area contributed by atoms with Crippen LogP contribution in [-0.4, -0.2) is 18.7 Å². The highest BCUT2D eigenvalue weighted by atomic mass is 16.6. The molecule has 4 nitrogen and oxygen atoms in total. The van der Waals surface area contributed by atoms with Crippen LogP contribution in [-0.2, 0) is 4.74 Å². The highest BCUT2D eigenvalue weighted by molar-refractivity contribution is 5.89. The van der Waals surface area contributed by atoms with Crippen molar-refractivity contribution in [1.29, 1.82) is 5.26 Å². The van der Waals surface area contributed by atoms with Crippen molar-refractivity contribution in [2.45, 2.75) is 19.4 Å². The van der Waals surface area contributed by atoms with E-state index in [9.17, 15) is 4.79 Å². The first-order valence-electron chi connectivity index (χ1n) is 5.14. The molecule has 1 aromatic rings. The van der Waals surface area contributed by atoms with E-state index >= 15 is 0 Å². The van der Waals surface area contributed by atoms with Crippen molar-refractivity contribution < 1.29 is 9.53 Å². The molecule has 4 heteroatoms. The molecule has 16 heavy (non-hydrogen) atoms. The first-order valence-corrected chi connectivity index (χ1v) is 5.14. The van der Waals surface area contributed by atoms with Crippen molar-refractivity contribution in [3.63, 3.8) is 0 Å². The fourth-order valence-electron chi connectivity index (χ4n) is 1.77. The first kappa shape index (κ1) is 10.5. The lowest BCUT2D eigenvalue weighted by Gasteiger charge is -2.30. The van der Waals surface area contributed by atoms with E-state index in [2.05, 4.69) is 6.07 Å². The summed E-state index contributed by atoms with van der Waals surface area (Å²) >= 11 is 0. The van der Waals surface area contributed by atoms with Gasteiger partial charge in [-0.2, -0.15) is 5.26 Å². The smallest absolute Gasteiger partial charge is 0.415 e. The van der Waals surface area contributed by atoms with Crippen LogP contribution in [0, 0.1) is 18.3 Å². The van der Waals surface area contributed by atoms with Crippen molar-refractivity contribution in [3.8, 4) is 6.07 Å². The second-order valence-electron chi connectivity index (χ2n) is 3.76. The fraction of sp³-hybridized carbons (Fsp3) is 0.333. The predicted octanol–water partition coefficient (Wildman–Crippen LogP) is 2.23. The Morgan fingerprint density at radius 1 is 1.56 bits per heavy atom. The van der Waals surface area contributed by atoms with Crippen molar-refractivity contribution >= 4 is 11.8 Å². The molecule has 1 saturated heterocycles. The number of cyclic esters (lactones) is 1. The Morgan fingerprint density at radius 2 is 2.38 bits per heavy atom. The highest BCUT2D eigenvalue weighted by Crippen LogP contribution is 2.23. The molecular weight excluding hydrogens is 204 g/mol. The minimum absolute atomic E-state index is 0.319. The number of ether oxygens (including phenoxy) is 1. The summed E-state index contributed by atoms with van der Waals surface area (Å²) in [4.78, 5) is 13.0. The number of hydrogen-bond donors (Lipinski definition) is 0. The summed E-state index contributed by atoms with van der Waals surface area (Å²) in [5.74, 6) is 0. The standard InChI is InChI=1S/C12H12N2O2/c1-9-3-2-4-10(7-9)14-11(8-13)5-6-16-12(14)15/h2-4,7,11H,5-6H2,1H3. The number of nitrogens with zero attached hydrogens (tertiary/aromatic N) is 2. The molecule has 0 bridgehead atoms. The number of carbonyl (C=O) groups is 1. The molecular formula is C12H12N2O2. The van der Waals surface area contributed by atoms with Gasteiger partial charge < -0.3 is 4.74 Å². The molecule has 0 radical (unpaired) electrons. The van der Waals surface area contributed by atoms with Crippen molar-refractivity contribution in [2.24, 2.45) is 0 Å². The van der Waals surface area contributed by atoms with Crippen molar-refractivity contribution in [3.05, 3.63) is 29.8 Å². The number of nitriles is 1. The summed E-state index contributed by atoms with van der Waals surface area (Å²) in [7, 11) is 0. The summed E-state index contributed by atoms with van der Waals surface area (Å²) in [6.45, 7) is 2.26. The number of aryl methyl sites for hydroxylation is 1. The van der Waals surface area contributed by atoms with Crippen LogP contribution < -0.4 is 4.90 Å². The second-order valence-corrected chi connectivity index (χ2v) is 3.76. The van der Waals surface area contributed by atoms with E-state index in [1.54, 1.807) is 0 Å². The van der Waals surface area contributed by atoms with E-state index in [0.29, 0.717) is 13.0 Å². The molecule has 2 rings (SSSR count). The summed E-state index contributed by atoms with van der Waals surface area (Å²) in [6, 6.07) is 9.19. The lowest BCUT2D eigenvalue weighted by molar-refractivity contribution is 0.134. The quantitative estimate of drug-likeness (QED) is 0.723. The molecule has 82 valence electrons. The third-order valence-corrected chi connectivity index (χ3v) is 2.55. The van der Waals surface area contributed by atoms with Gasteiger partial charge in [-0.05, 0) is 24.6 Å². The van der Waals surface area contributed by atoms with Gasteiger partial charge in [-0.3, -0.25) is 4.90 Å². The topological polar surface area (TPSA) is 53.3 Å². The van der Waals surface area contributed by atoms with Gasteiger partial charge >= 0.3 is 6.09 Å². The fourth-order valence-corrected chi connectivity index (χ4v) is 1.77. The number of amides is 1. The van der Waals surface area contributed by atoms with Crippen LogP contribution >= 0.6 is 0 Å². The summed E-state index contributed by atoms with van der Waals surface area (Å²) < 4.78 is 4.95. The molecule has 1 aromatic carbocycles. The first-order chi connectivity index (χ1) is 7.72. The molecule has 0 spiro atoms. The Hall–Kier alpha value is -2.02. The van der Waals surface area contributed by atoms with Gasteiger partial charge in [-0.25, -0.2) is 4.79 Å². The number of benzene rings is 1. The summed E-state index contributed by atoms with van der Waals surface area (Å²) in [5.41, 5.74) is 1.77. The van der Waals surface area contributed by atoms with Gasteiger partial charge in [0, 0.05) is 12.1 Å². The maximum absolute atomic E-state index is 11.6. The third-order valence-electron chi connectivity index (χ3n) is 2.55. The molecule has 1 aliphatic heterocycles.